The van der Waals surface area contributed by atoms with Gasteiger partial charge in [0.1, 0.15) is 5.01 Å². The van der Waals surface area contributed by atoms with Gasteiger partial charge < -0.3 is 4.74 Å². The summed E-state index contributed by atoms with van der Waals surface area (Å²) >= 11 is 1.58. The van der Waals surface area contributed by atoms with E-state index < -0.39 is 6.09 Å². The lowest BCUT2D eigenvalue weighted by molar-refractivity contribution is 0.0185. The van der Waals surface area contributed by atoms with Gasteiger partial charge in [-0.3, -0.25) is 10.2 Å². The van der Waals surface area contributed by atoms with Crippen molar-refractivity contribution in [1.29, 1.82) is 0 Å². The first-order valence-electron chi connectivity index (χ1n) is 12.3. The predicted molar refractivity (Wildman–Crippen MR) is 140 cm³/mol. The molecule has 1 saturated heterocycles. The number of para-hydroxylation sites is 1. The maximum atomic E-state index is 12.7. The Hall–Kier alpha value is -2.70. The van der Waals surface area contributed by atoms with Gasteiger partial charge in [0.05, 0.1) is 12.3 Å². The number of carbonyl (C=O) groups excluding carboxylic acids is 1. The van der Waals surface area contributed by atoms with Crippen molar-refractivity contribution >= 4 is 23.1 Å². The quantitative estimate of drug-likeness (QED) is 0.375. The molecule has 2 heterocycles. The summed E-state index contributed by atoms with van der Waals surface area (Å²) in [5, 5.41) is 5.86. The van der Waals surface area contributed by atoms with E-state index in [1.54, 1.807) is 11.3 Å². The maximum absolute atomic E-state index is 12.7. The van der Waals surface area contributed by atoms with Gasteiger partial charge in [-0.25, -0.2) is 9.78 Å². The van der Waals surface area contributed by atoms with Gasteiger partial charge in [-0.15, -0.1) is 11.3 Å². The molecule has 0 unspecified atom stereocenters. The lowest BCUT2D eigenvalue weighted by Gasteiger charge is -2.45. The summed E-state index contributed by atoms with van der Waals surface area (Å²) in [5.74, 6) is 0.379. The van der Waals surface area contributed by atoms with Crippen LogP contribution in [0.5, 0.6) is 0 Å². The zero-order chi connectivity index (χ0) is 23.9. The van der Waals surface area contributed by atoms with E-state index in [4.69, 9.17) is 4.74 Å². The second-order valence-corrected chi connectivity index (χ2v) is 10.0. The first-order chi connectivity index (χ1) is 16.6. The highest BCUT2D eigenvalue weighted by atomic mass is 32.1. The highest BCUT2D eigenvalue weighted by Gasteiger charge is 2.34. The monoisotopic (exact) mass is 477 g/mol. The number of piperidine rings is 1. The fourth-order valence-electron chi connectivity index (χ4n) is 5.02. The number of nitrogens with zero attached hydrogens (tertiary/aromatic N) is 2. The topological polar surface area (TPSA) is 54.5 Å². The van der Waals surface area contributed by atoms with E-state index in [1.807, 2.05) is 36.6 Å². The van der Waals surface area contributed by atoms with Gasteiger partial charge in [-0.2, -0.15) is 0 Å². The van der Waals surface area contributed by atoms with Crippen LogP contribution in [0.3, 0.4) is 0 Å². The fraction of sp³-hybridized carbons (Fsp3) is 0.429. The van der Waals surface area contributed by atoms with Crippen molar-refractivity contribution in [2.75, 3.05) is 11.9 Å². The summed E-state index contributed by atoms with van der Waals surface area (Å²) in [6.45, 7) is 7.95. The minimum atomic E-state index is -0.395. The third-order valence-corrected chi connectivity index (χ3v) is 7.76. The Labute approximate surface area is 207 Å². The minimum Gasteiger partial charge on any atom is -0.449 e. The number of amides is 1. The molecule has 6 heteroatoms. The lowest BCUT2D eigenvalue weighted by atomic mass is 9.84. The van der Waals surface area contributed by atoms with Crippen molar-refractivity contribution < 1.29 is 9.53 Å². The molecule has 3 aromatic rings. The van der Waals surface area contributed by atoms with Crippen LogP contribution in [0.15, 0.2) is 60.0 Å². The van der Waals surface area contributed by atoms with E-state index in [0.29, 0.717) is 24.6 Å². The maximum Gasteiger partial charge on any atom is 0.411 e. The van der Waals surface area contributed by atoms with Crippen LogP contribution in [0, 0.1) is 12.8 Å². The van der Waals surface area contributed by atoms with Crippen molar-refractivity contribution in [3.8, 4) is 10.6 Å². The molecule has 1 N–H and O–H groups in total. The molecule has 1 aliphatic rings. The molecule has 2 atom stereocenters. The van der Waals surface area contributed by atoms with Gasteiger partial charge in [0.2, 0.25) is 0 Å². The molecule has 2 aromatic carbocycles. The molecule has 0 aliphatic carbocycles. The van der Waals surface area contributed by atoms with Crippen molar-refractivity contribution in [1.82, 2.24) is 9.88 Å². The molecular weight excluding hydrogens is 442 g/mol. The van der Waals surface area contributed by atoms with Crippen LogP contribution < -0.4 is 5.32 Å². The Morgan fingerprint density at radius 3 is 2.38 bits per heavy atom. The Bertz CT molecular complexity index is 1050. The minimum absolute atomic E-state index is 0.379. The first kappa shape index (κ1) is 24.4. The molecule has 1 amide bonds. The molecule has 0 spiro atoms. The van der Waals surface area contributed by atoms with Crippen molar-refractivity contribution in [2.45, 2.75) is 65.1 Å². The summed E-state index contributed by atoms with van der Waals surface area (Å²) in [7, 11) is 0. The molecular formula is C28H35N3O2S. The van der Waals surface area contributed by atoms with Gasteiger partial charge >= 0.3 is 6.09 Å². The SMILES string of the molecule is CC[C@@H]1CC(COC(=O)Nc2ccccc2-c2nc(C)cs2)C[C@@H](CC)N1Cc1ccccc1. The molecule has 180 valence electrons. The summed E-state index contributed by atoms with van der Waals surface area (Å²) in [4.78, 5) is 19.9. The van der Waals surface area contributed by atoms with Crippen LogP contribution in [-0.4, -0.2) is 34.7 Å². The van der Waals surface area contributed by atoms with Crippen LogP contribution >= 0.6 is 11.3 Å². The van der Waals surface area contributed by atoms with Gasteiger partial charge in [-0.05, 0) is 56.2 Å². The molecule has 5 nitrogen and oxygen atoms in total. The predicted octanol–water partition coefficient (Wildman–Crippen LogP) is 7.14. The molecule has 0 saturated carbocycles. The number of anilines is 1. The second kappa shape index (κ2) is 11.6. The van der Waals surface area contributed by atoms with E-state index in [0.717, 1.165) is 54.2 Å². The second-order valence-electron chi connectivity index (χ2n) is 9.18. The normalized spacial score (nSPS) is 20.7. The van der Waals surface area contributed by atoms with E-state index >= 15 is 0 Å². The van der Waals surface area contributed by atoms with Crippen LogP contribution in [-0.2, 0) is 11.3 Å². The summed E-state index contributed by atoms with van der Waals surface area (Å²) in [6, 6.07) is 19.5. The number of rotatable bonds is 8. The lowest BCUT2D eigenvalue weighted by Crippen LogP contribution is -2.49. The number of likely N-dealkylation sites (tertiary alicyclic amines) is 1. The van der Waals surface area contributed by atoms with E-state index in [1.165, 1.54) is 5.56 Å². The van der Waals surface area contributed by atoms with E-state index in [2.05, 4.69) is 59.4 Å². The Morgan fingerprint density at radius 1 is 1.06 bits per heavy atom. The zero-order valence-electron chi connectivity index (χ0n) is 20.4. The van der Waals surface area contributed by atoms with Crippen LogP contribution in [0.1, 0.15) is 50.8 Å². The standard InChI is InChI=1S/C28H35N3O2S/c1-4-23-15-22(16-24(5-2)31(23)17-21-11-7-6-8-12-21)18-33-28(32)30-26-14-10-9-13-25(26)27-29-20(3)19-34-27/h6-14,19,22-24H,4-5,15-18H2,1-3H3,(H,30,32)/t23-,24-/m1/s1. The highest BCUT2D eigenvalue weighted by molar-refractivity contribution is 7.13. The molecule has 1 fully saturated rings. The number of benzene rings is 2. The molecule has 0 bridgehead atoms. The number of hydrogen-bond acceptors (Lipinski definition) is 5. The number of hydrogen-bond donors (Lipinski definition) is 1. The molecule has 1 aliphatic heterocycles. The van der Waals surface area contributed by atoms with Gasteiger partial charge in [-0.1, -0.05) is 56.3 Å². The Balaban J connectivity index is 1.35. The number of thiazole rings is 1. The van der Waals surface area contributed by atoms with Crippen molar-refractivity contribution in [3.63, 3.8) is 0 Å². The van der Waals surface area contributed by atoms with E-state index in [9.17, 15) is 4.79 Å². The van der Waals surface area contributed by atoms with Gasteiger partial charge in [0.25, 0.3) is 0 Å². The van der Waals surface area contributed by atoms with Gasteiger partial charge in [0, 0.05) is 35.3 Å². The van der Waals surface area contributed by atoms with Crippen molar-refractivity contribution in [3.05, 3.63) is 71.2 Å². The third kappa shape index (κ3) is 6.05. The molecule has 4 rings (SSSR count). The summed E-state index contributed by atoms with van der Waals surface area (Å²) in [6.07, 6.45) is 3.93. The summed E-state index contributed by atoms with van der Waals surface area (Å²) in [5.41, 5.74) is 4.00. The average molecular weight is 478 g/mol. The summed E-state index contributed by atoms with van der Waals surface area (Å²) < 4.78 is 5.74. The fourth-order valence-corrected chi connectivity index (χ4v) is 5.86. The Morgan fingerprint density at radius 2 is 1.74 bits per heavy atom. The molecule has 1 aromatic heterocycles. The number of ether oxygens (including phenoxy) is 1. The zero-order valence-corrected chi connectivity index (χ0v) is 21.2. The van der Waals surface area contributed by atoms with Crippen LogP contribution in [0.25, 0.3) is 10.6 Å². The third-order valence-electron chi connectivity index (χ3n) is 6.76. The largest absolute Gasteiger partial charge is 0.449 e. The number of carbonyl (C=O) groups is 1. The number of aromatic nitrogens is 1. The smallest absolute Gasteiger partial charge is 0.411 e. The number of nitrogens with one attached hydrogen (secondary N) is 1. The van der Waals surface area contributed by atoms with E-state index in [-0.39, 0.29) is 0 Å². The van der Waals surface area contributed by atoms with Gasteiger partial charge in [0.15, 0.2) is 0 Å². The van der Waals surface area contributed by atoms with Crippen LogP contribution in [0.2, 0.25) is 0 Å². The molecule has 0 radical (unpaired) electrons. The number of aryl methyl sites for hydroxylation is 1. The van der Waals surface area contributed by atoms with Crippen LogP contribution in [0.4, 0.5) is 10.5 Å². The first-order valence-corrected chi connectivity index (χ1v) is 13.2. The van der Waals surface area contributed by atoms with Crippen molar-refractivity contribution in [2.24, 2.45) is 5.92 Å². The molecule has 34 heavy (non-hydrogen) atoms. The average Bonchev–Trinajstić information content (AvgIpc) is 3.30. The highest BCUT2D eigenvalue weighted by Crippen LogP contribution is 2.33. The Kier molecular flexibility index (Phi) is 8.35.